The van der Waals surface area contributed by atoms with Crippen molar-refractivity contribution >= 4 is 0 Å². The van der Waals surface area contributed by atoms with Gasteiger partial charge in [0.15, 0.2) is 0 Å². The number of morpholine rings is 1. The van der Waals surface area contributed by atoms with E-state index in [1.165, 1.54) is 11.6 Å². The molecule has 23 heavy (non-hydrogen) atoms. The van der Waals surface area contributed by atoms with Gasteiger partial charge in [-0.1, -0.05) is 30.3 Å². The number of nitrogens with one attached hydrogen (secondary N) is 1. The zero-order valence-corrected chi connectivity index (χ0v) is 13.3. The van der Waals surface area contributed by atoms with Crippen LogP contribution in [0, 0.1) is 5.82 Å². The van der Waals surface area contributed by atoms with Crippen LogP contribution >= 0.6 is 0 Å². The summed E-state index contributed by atoms with van der Waals surface area (Å²) in [5.74, 6) is 0.631. The number of benzene rings is 2. The van der Waals surface area contributed by atoms with Crippen LogP contribution in [-0.2, 0) is 11.2 Å². The van der Waals surface area contributed by atoms with E-state index in [2.05, 4.69) is 17.4 Å². The van der Waals surface area contributed by atoms with Crippen LogP contribution in [0.15, 0.2) is 48.5 Å². The van der Waals surface area contributed by atoms with Crippen molar-refractivity contribution in [3.63, 3.8) is 0 Å². The van der Waals surface area contributed by atoms with Crippen molar-refractivity contribution in [1.29, 1.82) is 0 Å². The van der Waals surface area contributed by atoms with E-state index < -0.39 is 0 Å². The summed E-state index contributed by atoms with van der Waals surface area (Å²) < 4.78 is 25.1. The average molecular weight is 315 g/mol. The van der Waals surface area contributed by atoms with E-state index >= 15 is 0 Å². The highest BCUT2D eigenvalue weighted by molar-refractivity contribution is 5.36. The highest BCUT2D eigenvalue weighted by atomic mass is 19.1. The van der Waals surface area contributed by atoms with Crippen LogP contribution in [0.2, 0.25) is 0 Å². The van der Waals surface area contributed by atoms with E-state index in [9.17, 15) is 4.39 Å². The van der Waals surface area contributed by atoms with Gasteiger partial charge in [-0.15, -0.1) is 0 Å². The maximum atomic E-state index is 13.7. The third kappa shape index (κ3) is 3.89. The fraction of sp³-hybridized carbons (Fsp3) is 0.368. The number of rotatable bonds is 5. The third-order valence-corrected chi connectivity index (χ3v) is 4.32. The Balaban J connectivity index is 1.91. The van der Waals surface area contributed by atoms with Crippen LogP contribution in [0.4, 0.5) is 4.39 Å². The Bertz CT molecular complexity index is 627. The van der Waals surface area contributed by atoms with Gasteiger partial charge >= 0.3 is 0 Å². The zero-order valence-electron chi connectivity index (χ0n) is 13.3. The van der Waals surface area contributed by atoms with E-state index in [0.717, 1.165) is 24.4 Å². The first kappa shape index (κ1) is 16.0. The monoisotopic (exact) mass is 315 g/mol. The van der Waals surface area contributed by atoms with Gasteiger partial charge in [-0.3, -0.25) is 0 Å². The summed E-state index contributed by atoms with van der Waals surface area (Å²) >= 11 is 0. The molecule has 0 spiro atoms. The van der Waals surface area contributed by atoms with Crippen LogP contribution in [0.3, 0.4) is 0 Å². The van der Waals surface area contributed by atoms with Crippen molar-refractivity contribution in [2.75, 3.05) is 26.8 Å². The minimum absolute atomic E-state index is 0.0686. The van der Waals surface area contributed by atoms with Crippen LogP contribution in [0.25, 0.3) is 0 Å². The Hall–Kier alpha value is -1.91. The van der Waals surface area contributed by atoms with Crippen LogP contribution in [0.1, 0.15) is 17.0 Å². The fourth-order valence-corrected chi connectivity index (χ4v) is 3.15. The lowest BCUT2D eigenvalue weighted by Gasteiger charge is -2.32. The van der Waals surface area contributed by atoms with Crippen LogP contribution in [0.5, 0.6) is 5.75 Å². The minimum atomic E-state index is -0.240. The van der Waals surface area contributed by atoms with Gasteiger partial charge in [0.2, 0.25) is 0 Å². The molecule has 122 valence electrons. The summed E-state index contributed by atoms with van der Waals surface area (Å²) in [5.41, 5.74) is 2.07. The first-order chi connectivity index (χ1) is 11.3. The molecule has 0 saturated carbocycles. The highest BCUT2D eigenvalue weighted by Gasteiger charge is 2.27. The van der Waals surface area contributed by atoms with Gasteiger partial charge in [0.25, 0.3) is 0 Å². The Kier molecular flexibility index (Phi) is 5.26. The molecule has 2 aromatic carbocycles. The molecule has 1 fully saturated rings. The van der Waals surface area contributed by atoms with Gasteiger partial charge in [-0.25, -0.2) is 4.39 Å². The van der Waals surface area contributed by atoms with Gasteiger partial charge in [-0.2, -0.15) is 0 Å². The summed E-state index contributed by atoms with van der Waals surface area (Å²) in [7, 11) is 1.62. The molecule has 1 unspecified atom stereocenters. The Morgan fingerprint density at radius 1 is 1.26 bits per heavy atom. The molecule has 2 atom stereocenters. The summed E-state index contributed by atoms with van der Waals surface area (Å²) in [4.78, 5) is 0. The molecule has 1 aliphatic rings. The lowest BCUT2D eigenvalue weighted by Crippen LogP contribution is -2.42. The molecule has 0 aromatic heterocycles. The smallest absolute Gasteiger partial charge is 0.123 e. The largest absolute Gasteiger partial charge is 0.496 e. The van der Waals surface area contributed by atoms with Gasteiger partial charge in [0.05, 0.1) is 19.8 Å². The molecular weight excluding hydrogens is 293 g/mol. The van der Waals surface area contributed by atoms with Gasteiger partial charge in [0, 0.05) is 19.0 Å². The minimum Gasteiger partial charge on any atom is -0.496 e. The summed E-state index contributed by atoms with van der Waals surface area (Å²) in [6, 6.07) is 14.9. The molecule has 0 radical (unpaired) electrons. The standard InChI is InChI=1S/C19H22FNO2/c1-22-18-8-7-16(20)11-15(18)12-17(14-5-3-2-4-6-14)19-13-21-9-10-23-19/h2-8,11,17,19,21H,9-10,12-13H2,1H3/t17-,19?/m1/s1. The normalized spacial score (nSPS) is 19.3. The highest BCUT2D eigenvalue weighted by Crippen LogP contribution is 2.31. The topological polar surface area (TPSA) is 30.5 Å². The molecule has 0 aliphatic carbocycles. The first-order valence-electron chi connectivity index (χ1n) is 7.97. The fourth-order valence-electron chi connectivity index (χ4n) is 3.15. The molecular formula is C19H22FNO2. The number of halogens is 1. The number of ether oxygens (including phenoxy) is 2. The lowest BCUT2D eigenvalue weighted by molar-refractivity contribution is 0.0109. The maximum absolute atomic E-state index is 13.7. The second-order valence-corrected chi connectivity index (χ2v) is 5.79. The van der Waals surface area contributed by atoms with Gasteiger partial charge in [-0.05, 0) is 35.7 Å². The molecule has 0 amide bonds. The molecule has 1 saturated heterocycles. The maximum Gasteiger partial charge on any atom is 0.123 e. The molecule has 2 aromatic rings. The number of methoxy groups -OCH3 is 1. The molecule has 0 bridgehead atoms. The lowest BCUT2D eigenvalue weighted by atomic mass is 9.86. The van der Waals surface area contributed by atoms with Gasteiger partial charge < -0.3 is 14.8 Å². The third-order valence-electron chi connectivity index (χ3n) is 4.32. The average Bonchev–Trinajstić information content (AvgIpc) is 2.61. The summed E-state index contributed by atoms with van der Waals surface area (Å²) in [6.07, 6.45) is 0.747. The van der Waals surface area contributed by atoms with E-state index in [1.807, 2.05) is 18.2 Å². The predicted octanol–water partition coefficient (Wildman–Crippen LogP) is 3.15. The van der Waals surface area contributed by atoms with E-state index in [0.29, 0.717) is 13.0 Å². The second-order valence-electron chi connectivity index (χ2n) is 5.79. The van der Waals surface area contributed by atoms with Crippen molar-refractivity contribution in [2.45, 2.75) is 18.4 Å². The first-order valence-corrected chi connectivity index (χ1v) is 7.97. The molecule has 1 heterocycles. The molecule has 3 rings (SSSR count). The summed E-state index contributed by atoms with van der Waals surface area (Å²) in [6.45, 7) is 2.38. The van der Waals surface area contributed by atoms with Crippen molar-refractivity contribution < 1.29 is 13.9 Å². The van der Waals surface area contributed by atoms with Crippen molar-refractivity contribution in [2.24, 2.45) is 0 Å². The van der Waals surface area contributed by atoms with Gasteiger partial charge in [0.1, 0.15) is 11.6 Å². The molecule has 1 N–H and O–H groups in total. The number of hydrogen-bond acceptors (Lipinski definition) is 3. The quantitative estimate of drug-likeness (QED) is 0.919. The van der Waals surface area contributed by atoms with E-state index in [1.54, 1.807) is 19.2 Å². The molecule has 1 aliphatic heterocycles. The SMILES string of the molecule is COc1ccc(F)cc1C[C@H](c1ccccc1)C1CNCCO1. The number of hydrogen-bond donors (Lipinski definition) is 1. The van der Waals surface area contributed by atoms with Crippen LogP contribution in [-0.4, -0.2) is 32.9 Å². The second kappa shape index (κ2) is 7.57. The van der Waals surface area contributed by atoms with E-state index in [4.69, 9.17) is 9.47 Å². The molecule has 4 heteroatoms. The molecule has 3 nitrogen and oxygen atoms in total. The Labute approximate surface area is 136 Å². The van der Waals surface area contributed by atoms with E-state index in [-0.39, 0.29) is 17.8 Å². The van der Waals surface area contributed by atoms with Crippen molar-refractivity contribution in [1.82, 2.24) is 5.32 Å². The van der Waals surface area contributed by atoms with Crippen LogP contribution < -0.4 is 10.1 Å². The van der Waals surface area contributed by atoms with Crippen molar-refractivity contribution in [3.8, 4) is 5.75 Å². The predicted molar refractivity (Wildman–Crippen MR) is 88.4 cm³/mol. The zero-order chi connectivity index (χ0) is 16.1. The Morgan fingerprint density at radius 2 is 2.09 bits per heavy atom. The summed E-state index contributed by atoms with van der Waals surface area (Å²) in [5, 5.41) is 3.38. The Morgan fingerprint density at radius 3 is 2.78 bits per heavy atom. The van der Waals surface area contributed by atoms with Crippen molar-refractivity contribution in [3.05, 3.63) is 65.5 Å².